The highest BCUT2D eigenvalue weighted by Gasteiger charge is 2.21. The Balaban J connectivity index is 2.27. The fourth-order valence-corrected chi connectivity index (χ4v) is 2.59. The third kappa shape index (κ3) is 2.04. The number of benzene rings is 1. The molecule has 1 heterocycles. The summed E-state index contributed by atoms with van der Waals surface area (Å²) in [6.45, 7) is 6.28. The van der Waals surface area contributed by atoms with Crippen LogP contribution in [0.25, 0.3) is 0 Å². The van der Waals surface area contributed by atoms with Gasteiger partial charge in [0.15, 0.2) is 0 Å². The molecule has 2 heteroatoms. The van der Waals surface area contributed by atoms with E-state index in [-0.39, 0.29) is 5.92 Å². The molecule has 0 spiro atoms. The lowest BCUT2D eigenvalue weighted by Gasteiger charge is -2.33. The number of nitrogens with zero attached hydrogens (tertiary/aromatic N) is 2. The molecule has 0 aromatic heterocycles. The molecule has 1 aromatic carbocycles. The van der Waals surface area contributed by atoms with E-state index in [4.69, 9.17) is 5.26 Å². The molecule has 0 saturated carbocycles. The summed E-state index contributed by atoms with van der Waals surface area (Å²) < 4.78 is 0. The van der Waals surface area contributed by atoms with E-state index in [0.29, 0.717) is 0 Å². The van der Waals surface area contributed by atoms with Gasteiger partial charge in [-0.2, -0.15) is 5.26 Å². The monoisotopic (exact) mass is 214 g/mol. The zero-order valence-corrected chi connectivity index (χ0v) is 10.0. The fourth-order valence-electron chi connectivity index (χ4n) is 2.59. The SMILES string of the molecule is Cc1cccc(C)c1N1CCCC(C#N)C1. The number of hydrogen-bond acceptors (Lipinski definition) is 2. The average Bonchev–Trinajstić information content (AvgIpc) is 2.29. The molecule has 2 rings (SSSR count). The molecule has 1 aliphatic heterocycles. The Hall–Kier alpha value is -1.49. The molecule has 0 amide bonds. The number of piperidine rings is 1. The van der Waals surface area contributed by atoms with Gasteiger partial charge in [0.1, 0.15) is 0 Å². The van der Waals surface area contributed by atoms with E-state index in [1.54, 1.807) is 0 Å². The molecule has 84 valence electrons. The maximum absolute atomic E-state index is 9.02. The minimum absolute atomic E-state index is 0.202. The molecule has 0 aliphatic carbocycles. The van der Waals surface area contributed by atoms with Gasteiger partial charge >= 0.3 is 0 Å². The van der Waals surface area contributed by atoms with Crippen LogP contribution in [0.15, 0.2) is 18.2 Å². The highest BCUT2D eigenvalue weighted by molar-refractivity contribution is 5.59. The first-order chi connectivity index (χ1) is 7.72. The number of hydrogen-bond donors (Lipinski definition) is 0. The van der Waals surface area contributed by atoms with Crippen molar-refractivity contribution in [2.45, 2.75) is 26.7 Å². The predicted molar refractivity (Wildman–Crippen MR) is 66.5 cm³/mol. The lowest BCUT2D eigenvalue weighted by atomic mass is 9.97. The van der Waals surface area contributed by atoms with Crippen molar-refractivity contribution in [2.75, 3.05) is 18.0 Å². The summed E-state index contributed by atoms with van der Waals surface area (Å²) in [5.41, 5.74) is 3.97. The molecule has 1 atom stereocenters. The van der Waals surface area contributed by atoms with Crippen molar-refractivity contribution >= 4 is 5.69 Å². The van der Waals surface area contributed by atoms with Crippen molar-refractivity contribution in [3.63, 3.8) is 0 Å². The molecule has 1 unspecified atom stereocenters. The first kappa shape index (κ1) is 11.0. The molecule has 0 bridgehead atoms. The van der Waals surface area contributed by atoms with Gasteiger partial charge in [-0.3, -0.25) is 0 Å². The molecule has 1 saturated heterocycles. The molecular weight excluding hydrogens is 196 g/mol. The van der Waals surface area contributed by atoms with Crippen molar-refractivity contribution < 1.29 is 0 Å². The highest BCUT2D eigenvalue weighted by atomic mass is 15.1. The zero-order chi connectivity index (χ0) is 11.5. The Kier molecular flexibility index (Phi) is 3.14. The van der Waals surface area contributed by atoms with E-state index in [2.05, 4.69) is 43.0 Å². The van der Waals surface area contributed by atoms with Crippen molar-refractivity contribution in [1.82, 2.24) is 0 Å². The third-order valence-corrected chi connectivity index (χ3v) is 3.36. The topological polar surface area (TPSA) is 27.0 Å². The van der Waals surface area contributed by atoms with E-state index < -0.39 is 0 Å². The summed E-state index contributed by atoms with van der Waals surface area (Å²) in [4.78, 5) is 2.38. The fraction of sp³-hybridized carbons (Fsp3) is 0.500. The smallest absolute Gasteiger partial charge is 0.0674 e. The van der Waals surface area contributed by atoms with Crippen molar-refractivity contribution in [1.29, 1.82) is 5.26 Å². The quantitative estimate of drug-likeness (QED) is 0.718. The van der Waals surface area contributed by atoms with E-state index in [1.165, 1.54) is 16.8 Å². The molecule has 0 N–H and O–H groups in total. The number of anilines is 1. The minimum Gasteiger partial charge on any atom is -0.370 e. The minimum atomic E-state index is 0.202. The van der Waals surface area contributed by atoms with E-state index in [0.717, 1.165) is 25.9 Å². The number of aryl methyl sites for hydroxylation is 2. The van der Waals surface area contributed by atoms with Gasteiger partial charge in [0.05, 0.1) is 12.0 Å². The summed E-state index contributed by atoms with van der Waals surface area (Å²) in [5.74, 6) is 0.202. The summed E-state index contributed by atoms with van der Waals surface area (Å²) >= 11 is 0. The molecule has 1 aliphatic rings. The second-order valence-corrected chi connectivity index (χ2v) is 4.65. The second-order valence-electron chi connectivity index (χ2n) is 4.65. The standard InChI is InChI=1S/C14H18N2/c1-11-5-3-6-12(2)14(11)16-8-4-7-13(9-15)10-16/h3,5-6,13H,4,7-8,10H2,1-2H3. The van der Waals surface area contributed by atoms with Gasteiger partial charge in [0.25, 0.3) is 0 Å². The molecule has 1 fully saturated rings. The van der Waals surface area contributed by atoms with Crippen LogP contribution in [0.1, 0.15) is 24.0 Å². The second kappa shape index (κ2) is 4.57. The van der Waals surface area contributed by atoms with Gasteiger partial charge in [-0.25, -0.2) is 0 Å². The number of rotatable bonds is 1. The summed E-state index contributed by atoms with van der Waals surface area (Å²) in [5, 5.41) is 9.02. The Labute approximate surface area is 97.5 Å². The maximum atomic E-state index is 9.02. The lowest BCUT2D eigenvalue weighted by molar-refractivity contribution is 0.492. The summed E-state index contributed by atoms with van der Waals surface area (Å²) in [6.07, 6.45) is 2.18. The Morgan fingerprint density at radius 1 is 1.31 bits per heavy atom. The first-order valence-electron chi connectivity index (χ1n) is 5.93. The lowest BCUT2D eigenvalue weighted by Crippen LogP contribution is -2.35. The van der Waals surface area contributed by atoms with E-state index >= 15 is 0 Å². The van der Waals surface area contributed by atoms with Gasteiger partial charge < -0.3 is 4.90 Å². The largest absolute Gasteiger partial charge is 0.370 e. The van der Waals surface area contributed by atoms with Crippen LogP contribution in [0.5, 0.6) is 0 Å². The zero-order valence-electron chi connectivity index (χ0n) is 10.0. The van der Waals surface area contributed by atoms with Crippen LogP contribution < -0.4 is 4.90 Å². The van der Waals surface area contributed by atoms with Crippen molar-refractivity contribution in [3.05, 3.63) is 29.3 Å². The summed E-state index contributed by atoms with van der Waals surface area (Å²) in [7, 11) is 0. The van der Waals surface area contributed by atoms with Crippen LogP contribution in [0, 0.1) is 31.1 Å². The van der Waals surface area contributed by atoms with Crippen molar-refractivity contribution in [2.24, 2.45) is 5.92 Å². The Morgan fingerprint density at radius 2 is 2.00 bits per heavy atom. The van der Waals surface area contributed by atoms with Gasteiger partial charge in [0, 0.05) is 18.8 Å². The molecular formula is C14H18N2. The van der Waals surface area contributed by atoms with Crippen LogP contribution in [0.2, 0.25) is 0 Å². The van der Waals surface area contributed by atoms with E-state index in [1.807, 2.05) is 0 Å². The van der Waals surface area contributed by atoms with Crippen LogP contribution in [-0.4, -0.2) is 13.1 Å². The van der Waals surface area contributed by atoms with Gasteiger partial charge in [0.2, 0.25) is 0 Å². The molecule has 2 nitrogen and oxygen atoms in total. The predicted octanol–water partition coefficient (Wildman–Crippen LogP) is 3.04. The number of nitriles is 1. The van der Waals surface area contributed by atoms with Gasteiger partial charge in [-0.05, 0) is 37.8 Å². The van der Waals surface area contributed by atoms with Crippen LogP contribution in [0.3, 0.4) is 0 Å². The molecule has 16 heavy (non-hydrogen) atoms. The maximum Gasteiger partial charge on any atom is 0.0674 e. The molecule has 0 radical (unpaired) electrons. The van der Waals surface area contributed by atoms with Crippen LogP contribution in [0.4, 0.5) is 5.69 Å². The Morgan fingerprint density at radius 3 is 2.62 bits per heavy atom. The normalized spacial score (nSPS) is 20.6. The summed E-state index contributed by atoms with van der Waals surface area (Å²) in [6, 6.07) is 8.80. The first-order valence-corrected chi connectivity index (χ1v) is 5.93. The van der Waals surface area contributed by atoms with Gasteiger partial charge in [-0.1, -0.05) is 18.2 Å². The van der Waals surface area contributed by atoms with Crippen molar-refractivity contribution in [3.8, 4) is 6.07 Å². The molecule has 1 aromatic rings. The van der Waals surface area contributed by atoms with E-state index in [9.17, 15) is 0 Å². The van der Waals surface area contributed by atoms with Crippen LogP contribution >= 0.6 is 0 Å². The van der Waals surface area contributed by atoms with Gasteiger partial charge in [-0.15, -0.1) is 0 Å². The third-order valence-electron chi connectivity index (χ3n) is 3.36. The average molecular weight is 214 g/mol. The number of para-hydroxylation sites is 1. The van der Waals surface area contributed by atoms with Crippen LogP contribution in [-0.2, 0) is 0 Å². The highest BCUT2D eigenvalue weighted by Crippen LogP contribution is 2.28. The Bertz CT molecular complexity index is 397.